The number of carboxylic acid groups (broad SMARTS) is 1. The van der Waals surface area contributed by atoms with Crippen LogP contribution >= 0.6 is 11.6 Å². The quantitative estimate of drug-likeness (QED) is 0.868. The number of para-hydroxylation sites is 2. The molecule has 0 fully saturated rings. The number of hydrogen-bond acceptors (Lipinski definition) is 5. The van der Waals surface area contributed by atoms with E-state index in [1.165, 1.54) is 11.0 Å². The minimum atomic E-state index is -1.15. The van der Waals surface area contributed by atoms with Gasteiger partial charge in [0.25, 0.3) is 5.91 Å². The number of anilines is 1. The Bertz CT molecular complexity index is 899. The number of ether oxygens (including phenoxy) is 3. The number of rotatable bonds is 2. The topological polar surface area (TPSA) is 85.3 Å². The molecule has 2 aromatic rings. The minimum Gasteiger partial charge on any atom is -0.486 e. The number of benzene rings is 2. The number of amides is 1. The first-order valence-electron chi connectivity index (χ1n) is 7.94. The lowest BCUT2D eigenvalue weighted by molar-refractivity contribution is -0.144. The Kier molecular flexibility index (Phi) is 4.08. The molecule has 0 bridgehead atoms. The number of fused-ring (bicyclic) bond motifs is 2. The molecule has 2 aliphatic heterocycles. The molecule has 7 nitrogen and oxygen atoms in total. The van der Waals surface area contributed by atoms with E-state index >= 15 is 0 Å². The lowest BCUT2D eigenvalue weighted by Gasteiger charge is -2.33. The predicted molar refractivity (Wildman–Crippen MR) is 92.6 cm³/mol. The Hall–Kier alpha value is -2.93. The average Bonchev–Trinajstić information content (AvgIpc) is 2.66. The number of carbonyl (C=O) groups is 2. The van der Waals surface area contributed by atoms with Crippen LogP contribution in [-0.4, -0.2) is 42.8 Å². The number of carbonyl (C=O) groups excluding carboxylic acids is 1. The summed E-state index contributed by atoms with van der Waals surface area (Å²) in [6.07, 6.45) is -1.15. The molecule has 0 saturated heterocycles. The third-order valence-corrected chi connectivity index (χ3v) is 4.42. The third-order valence-electron chi connectivity index (χ3n) is 4.14. The first-order valence-corrected chi connectivity index (χ1v) is 8.32. The number of carboxylic acids is 1. The highest BCUT2D eigenvalue weighted by Gasteiger charge is 2.34. The van der Waals surface area contributed by atoms with E-state index in [0.29, 0.717) is 36.1 Å². The van der Waals surface area contributed by atoms with Crippen molar-refractivity contribution in [1.29, 1.82) is 0 Å². The molecule has 1 amide bonds. The van der Waals surface area contributed by atoms with Crippen molar-refractivity contribution < 1.29 is 28.9 Å². The van der Waals surface area contributed by atoms with Crippen molar-refractivity contribution in [3.8, 4) is 17.2 Å². The van der Waals surface area contributed by atoms with Gasteiger partial charge in [-0.1, -0.05) is 23.7 Å². The fourth-order valence-electron chi connectivity index (χ4n) is 2.95. The van der Waals surface area contributed by atoms with Gasteiger partial charge in [-0.05, 0) is 24.3 Å². The standard InChI is InChI=1S/C18H14ClNO6/c19-11-7-10(8-14-16(11)25-6-5-24-14)17(21)20-9-15(18(22)23)26-13-4-2-1-3-12(13)20/h1-4,7-8,15H,5-6,9H2,(H,22,23)/t15-/m0/s1. The molecule has 0 spiro atoms. The van der Waals surface area contributed by atoms with E-state index in [9.17, 15) is 14.7 Å². The monoisotopic (exact) mass is 375 g/mol. The summed E-state index contributed by atoms with van der Waals surface area (Å²) >= 11 is 6.22. The Balaban J connectivity index is 1.74. The van der Waals surface area contributed by atoms with Gasteiger partial charge >= 0.3 is 5.97 Å². The molecule has 1 N–H and O–H groups in total. The van der Waals surface area contributed by atoms with E-state index in [0.717, 1.165) is 0 Å². The summed E-state index contributed by atoms with van der Waals surface area (Å²) in [5, 5.41) is 9.58. The summed E-state index contributed by atoms with van der Waals surface area (Å²) in [6, 6.07) is 9.83. The fourth-order valence-corrected chi connectivity index (χ4v) is 3.21. The molecular formula is C18H14ClNO6. The van der Waals surface area contributed by atoms with Crippen LogP contribution in [0.2, 0.25) is 5.02 Å². The number of nitrogens with zero attached hydrogens (tertiary/aromatic N) is 1. The minimum absolute atomic E-state index is 0.114. The largest absolute Gasteiger partial charge is 0.486 e. The van der Waals surface area contributed by atoms with Gasteiger partial charge in [-0.3, -0.25) is 4.79 Å². The Morgan fingerprint density at radius 1 is 1.12 bits per heavy atom. The highest BCUT2D eigenvalue weighted by atomic mass is 35.5. The third kappa shape index (κ3) is 2.80. The van der Waals surface area contributed by atoms with E-state index < -0.39 is 18.0 Å². The van der Waals surface area contributed by atoms with Crippen molar-refractivity contribution in [2.45, 2.75) is 6.10 Å². The smallest absolute Gasteiger partial charge is 0.346 e. The van der Waals surface area contributed by atoms with Gasteiger partial charge in [-0.2, -0.15) is 0 Å². The molecule has 1 atom stereocenters. The first-order chi connectivity index (χ1) is 12.5. The van der Waals surface area contributed by atoms with Gasteiger partial charge in [0.05, 0.1) is 17.3 Å². The van der Waals surface area contributed by atoms with E-state index in [4.69, 9.17) is 25.8 Å². The van der Waals surface area contributed by atoms with Crippen molar-refractivity contribution >= 4 is 29.2 Å². The average molecular weight is 376 g/mol. The molecule has 0 unspecified atom stereocenters. The molecule has 2 aromatic carbocycles. The van der Waals surface area contributed by atoms with Crippen LogP contribution in [-0.2, 0) is 4.79 Å². The summed E-state index contributed by atoms with van der Waals surface area (Å²) in [5.74, 6) is -0.407. The summed E-state index contributed by atoms with van der Waals surface area (Å²) in [7, 11) is 0. The number of hydrogen-bond donors (Lipinski definition) is 1. The van der Waals surface area contributed by atoms with Crippen LogP contribution in [0.4, 0.5) is 5.69 Å². The summed E-state index contributed by atoms with van der Waals surface area (Å²) < 4.78 is 16.4. The molecule has 2 aliphatic rings. The van der Waals surface area contributed by atoms with E-state index in [2.05, 4.69) is 0 Å². The number of aliphatic carboxylic acids is 1. The predicted octanol–water partition coefficient (Wildman–Crippen LogP) is 2.60. The van der Waals surface area contributed by atoms with Crippen molar-refractivity contribution in [1.82, 2.24) is 0 Å². The van der Waals surface area contributed by atoms with E-state index in [1.807, 2.05) is 0 Å². The van der Waals surface area contributed by atoms with E-state index in [1.54, 1.807) is 30.3 Å². The highest BCUT2D eigenvalue weighted by molar-refractivity contribution is 6.33. The second-order valence-corrected chi connectivity index (χ2v) is 6.22. The van der Waals surface area contributed by atoms with Gasteiger partial charge in [-0.25, -0.2) is 4.79 Å². The van der Waals surface area contributed by atoms with Crippen molar-refractivity contribution in [3.63, 3.8) is 0 Å². The van der Waals surface area contributed by atoms with Crippen LogP contribution in [0, 0.1) is 0 Å². The van der Waals surface area contributed by atoms with Crippen molar-refractivity contribution in [2.75, 3.05) is 24.7 Å². The fraction of sp³-hybridized carbons (Fsp3) is 0.222. The zero-order chi connectivity index (χ0) is 18.3. The Morgan fingerprint density at radius 2 is 1.88 bits per heavy atom. The maximum absolute atomic E-state index is 13.1. The van der Waals surface area contributed by atoms with Crippen LogP contribution in [0.25, 0.3) is 0 Å². The van der Waals surface area contributed by atoms with Gasteiger partial charge < -0.3 is 24.2 Å². The van der Waals surface area contributed by atoms with Crippen molar-refractivity contribution in [2.24, 2.45) is 0 Å². The summed E-state index contributed by atoms with van der Waals surface area (Å²) in [5.41, 5.74) is 0.779. The molecule has 2 heterocycles. The van der Waals surface area contributed by atoms with Crippen molar-refractivity contribution in [3.05, 3.63) is 47.0 Å². The SMILES string of the molecule is O=C(O)[C@@H]1CN(C(=O)c2cc(Cl)c3c(c2)OCCO3)c2ccccc2O1. The van der Waals surface area contributed by atoms with E-state index in [-0.39, 0.29) is 17.1 Å². The highest BCUT2D eigenvalue weighted by Crippen LogP contribution is 2.40. The molecule has 134 valence electrons. The molecule has 4 rings (SSSR count). The van der Waals surface area contributed by atoms with Gasteiger partial charge in [0.15, 0.2) is 11.5 Å². The molecule has 0 aliphatic carbocycles. The van der Waals surface area contributed by atoms with Gasteiger partial charge in [0.1, 0.15) is 19.0 Å². The van der Waals surface area contributed by atoms with Crippen LogP contribution in [0.15, 0.2) is 36.4 Å². The van der Waals surface area contributed by atoms with Gasteiger partial charge in [0, 0.05) is 5.56 Å². The molecule has 26 heavy (non-hydrogen) atoms. The summed E-state index contributed by atoms with van der Waals surface area (Å²) in [6.45, 7) is 0.636. The second kappa shape index (κ2) is 6.42. The maximum atomic E-state index is 13.1. The second-order valence-electron chi connectivity index (χ2n) is 5.81. The lowest BCUT2D eigenvalue weighted by Crippen LogP contribution is -2.47. The van der Waals surface area contributed by atoms with Crippen LogP contribution in [0.3, 0.4) is 0 Å². The molecular weight excluding hydrogens is 362 g/mol. The zero-order valence-corrected chi connectivity index (χ0v) is 14.2. The van der Waals surface area contributed by atoms with Gasteiger partial charge in [0.2, 0.25) is 6.10 Å². The maximum Gasteiger partial charge on any atom is 0.346 e. The Labute approximate surface area is 153 Å². The first kappa shape index (κ1) is 16.5. The molecule has 0 radical (unpaired) electrons. The molecule has 0 aromatic heterocycles. The van der Waals surface area contributed by atoms with Gasteiger partial charge in [-0.15, -0.1) is 0 Å². The van der Waals surface area contributed by atoms with Crippen LogP contribution in [0.5, 0.6) is 17.2 Å². The van der Waals surface area contributed by atoms with Crippen LogP contribution in [0.1, 0.15) is 10.4 Å². The van der Waals surface area contributed by atoms with Crippen LogP contribution < -0.4 is 19.1 Å². The summed E-state index contributed by atoms with van der Waals surface area (Å²) in [4.78, 5) is 25.9. The molecule has 8 heteroatoms. The molecule has 0 saturated carbocycles. The normalized spacial score (nSPS) is 17.9. The Morgan fingerprint density at radius 3 is 2.69 bits per heavy atom. The zero-order valence-electron chi connectivity index (χ0n) is 13.5. The number of halogens is 1. The lowest BCUT2D eigenvalue weighted by atomic mass is 10.1.